The maximum Gasteiger partial charge on any atom is 0.223 e. The third-order valence-corrected chi connectivity index (χ3v) is 7.46. The molecule has 4 bridgehead atoms. The maximum absolute atomic E-state index is 13.3. The van der Waals surface area contributed by atoms with Crippen LogP contribution in [0.2, 0.25) is 0 Å². The summed E-state index contributed by atoms with van der Waals surface area (Å²) in [5, 5.41) is 11.0. The fraction of sp³-hybridized carbons (Fsp3) is 0.696. The molecule has 4 heteroatoms. The van der Waals surface area contributed by atoms with E-state index in [0.29, 0.717) is 31.3 Å². The summed E-state index contributed by atoms with van der Waals surface area (Å²) in [7, 11) is 0. The maximum atomic E-state index is 13.3. The van der Waals surface area contributed by atoms with E-state index in [1.165, 1.54) is 6.42 Å². The Balaban J connectivity index is 1.31. The average molecular weight is 370 g/mol. The van der Waals surface area contributed by atoms with Gasteiger partial charge in [0.05, 0.1) is 18.2 Å². The molecule has 0 radical (unpaired) electrons. The lowest BCUT2D eigenvalue weighted by Gasteiger charge is -2.60. The lowest BCUT2D eigenvalue weighted by atomic mass is 9.47. The number of ether oxygens (including phenoxy) is 1. The highest BCUT2D eigenvalue weighted by molar-refractivity contribution is 5.77. The molecule has 0 spiro atoms. The zero-order valence-corrected chi connectivity index (χ0v) is 16.3. The average Bonchev–Trinajstić information content (AvgIpc) is 2.59. The first-order valence-corrected chi connectivity index (χ1v) is 10.6. The normalized spacial score (nSPS) is 43.1. The Hall–Kier alpha value is -1.39. The quantitative estimate of drug-likeness (QED) is 0.884. The monoisotopic (exact) mass is 369 g/mol. The second-order valence-corrected chi connectivity index (χ2v) is 10.0. The van der Waals surface area contributed by atoms with Crippen molar-refractivity contribution >= 4 is 5.91 Å². The molecule has 4 saturated carbocycles. The van der Waals surface area contributed by atoms with Gasteiger partial charge in [-0.15, -0.1) is 0 Å². The van der Waals surface area contributed by atoms with E-state index in [2.05, 4.69) is 19.1 Å². The topological polar surface area (TPSA) is 49.8 Å². The lowest BCUT2D eigenvalue weighted by molar-refractivity contribution is -0.175. The SMILES string of the molecule is C[C@@H]1CN(C(=O)CC23C[C@H]4C[C@@H](CC(O)(C4)C2)C3)C[C@H](c2ccccc2)O1. The molecule has 4 nitrogen and oxygen atoms in total. The zero-order valence-electron chi connectivity index (χ0n) is 16.3. The van der Waals surface area contributed by atoms with E-state index in [9.17, 15) is 9.90 Å². The molecule has 4 atom stereocenters. The van der Waals surface area contributed by atoms with Gasteiger partial charge in [-0.25, -0.2) is 0 Å². The van der Waals surface area contributed by atoms with Gasteiger partial charge < -0.3 is 14.7 Å². The molecule has 0 unspecified atom stereocenters. The second kappa shape index (κ2) is 6.31. The number of rotatable bonds is 3. The first kappa shape index (κ1) is 17.7. The van der Waals surface area contributed by atoms with Gasteiger partial charge in [0.25, 0.3) is 0 Å². The van der Waals surface area contributed by atoms with Crippen LogP contribution in [-0.4, -0.2) is 40.7 Å². The van der Waals surface area contributed by atoms with Crippen molar-refractivity contribution in [3.8, 4) is 0 Å². The Kier molecular flexibility index (Phi) is 4.14. The minimum atomic E-state index is -0.491. The predicted molar refractivity (Wildman–Crippen MR) is 103 cm³/mol. The number of hydrogen-bond donors (Lipinski definition) is 1. The van der Waals surface area contributed by atoms with E-state index in [0.717, 1.165) is 37.7 Å². The molecule has 1 aromatic carbocycles. The van der Waals surface area contributed by atoms with Crippen LogP contribution in [0.1, 0.15) is 63.5 Å². The van der Waals surface area contributed by atoms with E-state index in [1.54, 1.807) is 0 Å². The molecule has 5 fully saturated rings. The summed E-state index contributed by atoms with van der Waals surface area (Å²) in [4.78, 5) is 15.3. The van der Waals surface area contributed by atoms with Crippen molar-refractivity contribution in [2.75, 3.05) is 13.1 Å². The van der Waals surface area contributed by atoms with Crippen molar-refractivity contribution in [1.82, 2.24) is 4.90 Å². The Morgan fingerprint density at radius 1 is 1.15 bits per heavy atom. The lowest BCUT2D eigenvalue weighted by Crippen LogP contribution is -2.57. The molecule has 1 aromatic rings. The minimum absolute atomic E-state index is 0.0414. The summed E-state index contributed by atoms with van der Waals surface area (Å²) in [5.41, 5.74) is 0.695. The van der Waals surface area contributed by atoms with E-state index in [-0.39, 0.29) is 23.5 Å². The van der Waals surface area contributed by atoms with Gasteiger partial charge in [0.1, 0.15) is 6.10 Å². The fourth-order valence-electron chi connectivity index (χ4n) is 7.05. The Morgan fingerprint density at radius 3 is 2.52 bits per heavy atom. The number of carbonyl (C=O) groups is 1. The van der Waals surface area contributed by atoms with Gasteiger partial charge in [-0.3, -0.25) is 4.79 Å². The number of amides is 1. The molecule has 1 aliphatic heterocycles. The highest BCUT2D eigenvalue weighted by Crippen LogP contribution is 2.62. The summed E-state index contributed by atoms with van der Waals surface area (Å²) in [6.07, 6.45) is 6.92. The molecular weight excluding hydrogens is 338 g/mol. The van der Waals surface area contributed by atoms with E-state index >= 15 is 0 Å². The van der Waals surface area contributed by atoms with E-state index in [1.807, 2.05) is 23.1 Å². The first-order valence-electron chi connectivity index (χ1n) is 10.6. The highest BCUT2D eigenvalue weighted by atomic mass is 16.5. The first-order chi connectivity index (χ1) is 12.9. The minimum Gasteiger partial charge on any atom is -0.390 e. The van der Waals surface area contributed by atoms with Gasteiger partial charge in [0.2, 0.25) is 5.91 Å². The van der Waals surface area contributed by atoms with Crippen LogP contribution < -0.4 is 0 Å². The van der Waals surface area contributed by atoms with Gasteiger partial charge in [-0.05, 0) is 68.3 Å². The van der Waals surface area contributed by atoms with Gasteiger partial charge in [-0.2, -0.15) is 0 Å². The van der Waals surface area contributed by atoms with Crippen LogP contribution in [0.25, 0.3) is 0 Å². The molecule has 1 amide bonds. The van der Waals surface area contributed by atoms with Crippen molar-refractivity contribution in [3.63, 3.8) is 0 Å². The highest BCUT2D eigenvalue weighted by Gasteiger charge is 2.57. The molecule has 1 N–H and O–H groups in total. The molecule has 6 rings (SSSR count). The van der Waals surface area contributed by atoms with Gasteiger partial charge >= 0.3 is 0 Å². The van der Waals surface area contributed by atoms with Gasteiger partial charge in [-0.1, -0.05) is 30.3 Å². The van der Waals surface area contributed by atoms with E-state index < -0.39 is 5.60 Å². The molecule has 27 heavy (non-hydrogen) atoms. The molecule has 1 heterocycles. The zero-order chi connectivity index (χ0) is 18.6. The third-order valence-electron chi connectivity index (χ3n) is 7.46. The molecule has 0 aromatic heterocycles. The van der Waals surface area contributed by atoms with E-state index in [4.69, 9.17) is 4.74 Å². The summed E-state index contributed by atoms with van der Waals surface area (Å²) in [6, 6.07) is 10.2. The molecule has 5 aliphatic rings. The van der Waals surface area contributed by atoms with Crippen molar-refractivity contribution < 1.29 is 14.6 Å². The predicted octanol–water partition coefficient (Wildman–Crippen LogP) is 3.70. The van der Waals surface area contributed by atoms with Crippen LogP contribution in [0, 0.1) is 17.3 Å². The van der Waals surface area contributed by atoms with Crippen LogP contribution in [0.4, 0.5) is 0 Å². The van der Waals surface area contributed by atoms with Crippen molar-refractivity contribution in [1.29, 1.82) is 0 Å². The van der Waals surface area contributed by atoms with Crippen LogP contribution in [0.5, 0.6) is 0 Å². The number of benzene rings is 1. The summed E-state index contributed by atoms with van der Waals surface area (Å²) in [5.74, 6) is 1.52. The number of aliphatic hydroxyl groups is 1. The summed E-state index contributed by atoms with van der Waals surface area (Å²) in [6.45, 7) is 3.37. The summed E-state index contributed by atoms with van der Waals surface area (Å²) < 4.78 is 6.13. The van der Waals surface area contributed by atoms with Crippen molar-refractivity contribution in [3.05, 3.63) is 35.9 Å². The van der Waals surface area contributed by atoms with Crippen LogP contribution in [0.3, 0.4) is 0 Å². The molecule has 146 valence electrons. The number of morpholine rings is 1. The van der Waals surface area contributed by atoms with Gasteiger partial charge in [0, 0.05) is 13.0 Å². The fourth-order valence-corrected chi connectivity index (χ4v) is 7.05. The Morgan fingerprint density at radius 2 is 1.85 bits per heavy atom. The molecular formula is C23H31NO3. The largest absolute Gasteiger partial charge is 0.390 e. The second-order valence-electron chi connectivity index (χ2n) is 10.0. The van der Waals surface area contributed by atoms with Gasteiger partial charge in [0.15, 0.2) is 0 Å². The number of hydrogen-bond acceptors (Lipinski definition) is 3. The molecule has 4 aliphatic carbocycles. The van der Waals surface area contributed by atoms with Crippen molar-refractivity contribution in [2.45, 2.75) is 69.7 Å². The van der Waals surface area contributed by atoms with Crippen molar-refractivity contribution in [2.24, 2.45) is 17.3 Å². The molecule has 1 saturated heterocycles. The Bertz CT molecular complexity index is 704. The third kappa shape index (κ3) is 3.31. The standard InChI is InChI=1S/C23H31NO3/c1-16-13-24(14-20(27-16)19-5-3-2-4-6-19)21(25)12-22-8-17-7-18(9-22)11-23(26,10-17)15-22/h2-6,16-18,20,26H,7-15H2,1H3/t16-,17-,18-,20-,22?,23?/m1/s1. The smallest absolute Gasteiger partial charge is 0.223 e. The summed E-state index contributed by atoms with van der Waals surface area (Å²) >= 11 is 0. The number of nitrogens with zero attached hydrogens (tertiary/aromatic N) is 1. The van der Waals surface area contributed by atoms with Crippen LogP contribution >= 0.6 is 0 Å². The Labute approximate surface area is 161 Å². The number of carbonyl (C=O) groups excluding carboxylic acids is 1. The van der Waals surface area contributed by atoms with Crippen LogP contribution in [0.15, 0.2) is 30.3 Å². The van der Waals surface area contributed by atoms with Crippen LogP contribution in [-0.2, 0) is 9.53 Å².